The van der Waals surface area contributed by atoms with Crippen molar-refractivity contribution in [3.63, 3.8) is 0 Å². The molecule has 2 aromatic carbocycles. The number of carbonyl (C=O) groups is 4. The number of rotatable bonds is 4. The van der Waals surface area contributed by atoms with Gasteiger partial charge in [0.1, 0.15) is 0 Å². The molecule has 2 saturated carbocycles. The molecule has 164 valence electrons. The highest BCUT2D eigenvalue weighted by Gasteiger charge is 2.66. The summed E-state index contributed by atoms with van der Waals surface area (Å²) in [5.74, 6) is -2.59. The Hall–Kier alpha value is -2.52. The third-order valence-corrected chi connectivity index (χ3v) is 9.97. The summed E-state index contributed by atoms with van der Waals surface area (Å²) in [5, 5.41) is 11.9. The maximum Gasteiger partial charge on any atom is 0.337 e. The number of carboxylic acids is 1. The molecule has 9 heteroatoms. The van der Waals surface area contributed by atoms with Crippen LogP contribution in [-0.2, 0) is 9.59 Å². The maximum atomic E-state index is 13.2. The molecule has 1 aliphatic heterocycles. The number of anilines is 2. The Bertz CT molecular complexity index is 1140. The number of imide groups is 1. The molecule has 6 atom stereocenters. The number of hydrogen-bond donors (Lipinski definition) is 2. The van der Waals surface area contributed by atoms with Crippen molar-refractivity contribution in [2.45, 2.75) is 16.1 Å². The van der Waals surface area contributed by atoms with Crippen LogP contribution in [0.25, 0.3) is 0 Å². The van der Waals surface area contributed by atoms with Gasteiger partial charge in [-0.1, -0.05) is 50.1 Å². The van der Waals surface area contributed by atoms with E-state index in [1.54, 1.807) is 30.3 Å². The molecule has 0 aromatic heterocycles. The topological polar surface area (TPSA) is 104 Å². The van der Waals surface area contributed by atoms with Crippen molar-refractivity contribution < 1.29 is 24.3 Å². The summed E-state index contributed by atoms with van der Waals surface area (Å²) in [4.78, 5) is 52.2. The molecule has 7 nitrogen and oxygen atoms in total. The molecular weight excluding hydrogens is 544 g/mol. The van der Waals surface area contributed by atoms with Crippen LogP contribution < -0.4 is 10.2 Å². The molecule has 2 bridgehead atoms. The quantitative estimate of drug-likeness (QED) is 0.435. The fourth-order valence-corrected chi connectivity index (χ4v) is 7.24. The zero-order valence-electron chi connectivity index (χ0n) is 16.6. The van der Waals surface area contributed by atoms with E-state index in [2.05, 4.69) is 37.2 Å². The first-order valence-corrected chi connectivity index (χ1v) is 12.0. The van der Waals surface area contributed by atoms with Gasteiger partial charge in [0.2, 0.25) is 11.8 Å². The van der Waals surface area contributed by atoms with Gasteiger partial charge < -0.3 is 10.4 Å². The molecule has 0 unspecified atom stereocenters. The number of benzene rings is 2. The lowest BCUT2D eigenvalue weighted by Crippen LogP contribution is -2.37. The number of aromatic carboxylic acids is 1. The van der Waals surface area contributed by atoms with Crippen molar-refractivity contribution >= 4 is 66.9 Å². The number of carboxylic acid groups (broad SMARTS) is 1. The molecule has 3 fully saturated rings. The van der Waals surface area contributed by atoms with Crippen molar-refractivity contribution in [3.05, 3.63) is 59.7 Å². The van der Waals surface area contributed by atoms with Crippen molar-refractivity contribution in [2.24, 2.45) is 23.7 Å². The van der Waals surface area contributed by atoms with E-state index < -0.39 is 11.9 Å². The molecule has 0 radical (unpaired) electrons. The first-order chi connectivity index (χ1) is 15.3. The largest absolute Gasteiger partial charge is 0.478 e. The molecule has 1 saturated heterocycles. The lowest BCUT2D eigenvalue weighted by Gasteiger charge is -2.28. The van der Waals surface area contributed by atoms with Gasteiger partial charge in [0.15, 0.2) is 0 Å². The Morgan fingerprint density at radius 2 is 1.56 bits per heavy atom. The van der Waals surface area contributed by atoms with Crippen molar-refractivity contribution in [2.75, 3.05) is 10.2 Å². The molecule has 3 amide bonds. The van der Waals surface area contributed by atoms with Gasteiger partial charge in [0, 0.05) is 15.2 Å². The fraction of sp³-hybridized carbons (Fsp3) is 0.304. The van der Waals surface area contributed by atoms with Crippen LogP contribution in [0, 0.1) is 23.7 Å². The highest BCUT2D eigenvalue weighted by atomic mass is 79.9. The average Bonchev–Trinajstić information content (AvgIpc) is 3.39. The standard InChI is InChI=1S/C23H18Br2N2O5/c24-18-13-9-14(19(18)25)17-16(13)21(29)27(22(17)30)11-5-3-4-10(8-11)20(28)26-15-7-2-1-6-12(15)23(31)32/h1-8,13-14,16-19H,9H2,(H,26,28)(H,31,32)/t13-,14-,16-,17-,18+,19+/m1/s1. The maximum absolute atomic E-state index is 13.2. The van der Waals surface area contributed by atoms with Gasteiger partial charge in [-0.05, 0) is 48.6 Å². The smallest absolute Gasteiger partial charge is 0.337 e. The predicted molar refractivity (Wildman–Crippen MR) is 124 cm³/mol. The van der Waals surface area contributed by atoms with E-state index in [4.69, 9.17) is 0 Å². The molecule has 5 rings (SSSR count). The number of para-hydroxylation sites is 1. The Kier molecular flexibility index (Phi) is 5.21. The van der Waals surface area contributed by atoms with E-state index in [1.165, 1.54) is 23.1 Å². The van der Waals surface area contributed by atoms with Crippen LogP contribution in [0.1, 0.15) is 27.1 Å². The van der Waals surface area contributed by atoms with Crippen molar-refractivity contribution in [3.8, 4) is 0 Å². The summed E-state index contributed by atoms with van der Waals surface area (Å²) in [5.41, 5.74) is 0.714. The number of alkyl halides is 2. The SMILES string of the molecule is O=C(Nc1ccccc1C(=O)O)c1cccc(N2C(=O)[C@@H]3[C@H]4C[C@@H]([C@H](Br)[C@H]4Br)[C@H]3C2=O)c1. The fourth-order valence-electron chi connectivity index (χ4n) is 5.36. The van der Waals surface area contributed by atoms with Gasteiger partial charge in [-0.3, -0.25) is 19.3 Å². The number of fused-ring (bicyclic) bond motifs is 5. The van der Waals surface area contributed by atoms with Gasteiger partial charge >= 0.3 is 5.97 Å². The summed E-state index contributed by atoms with van der Waals surface area (Å²) in [6.45, 7) is 0. The van der Waals surface area contributed by atoms with Gasteiger partial charge in [-0.25, -0.2) is 4.79 Å². The second kappa shape index (κ2) is 7.81. The van der Waals surface area contributed by atoms with Gasteiger partial charge in [-0.2, -0.15) is 0 Å². The summed E-state index contributed by atoms with van der Waals surface area (Å²) in [6, 6.07) is 12.4. The van der Waals surface area contributed by atoms with Crippen LogP contribution >= 0.6 is 31.9 Å². The number of nitrogens with one attached hydrogen (secondary N) is 1. The molecular formula is C23H18Br2N2O5. The van der Waals surface area contributed by atoms with Crippen LogP contribution in [0.15, 0.2) is 48.5 Å². The van der Waals surface area contributed by atoms with Gasteiger partial charge in [-0.15, -0.1) is 0 Å². The summed E-state index contributed by atoms with van der Waals surface area (Å²) in [7, 11) is 0. The van der Waals surface area contributed by atoms with Crippen LogP contribution in [0.4, 0.5) is 11.4 Å². The number of amides is 3. The average molecular weight is 562 g/mol. The second-order valence-corrected chi connectivity index (χ2v) is 10.5. The van der Waals surface area contributed by atoms with Crippen LogP contribution in [0.5, 0.6) is 0 Å². The number of carbonyl (C=O) groups excluding carboxylic acids is 3. The predicted octanol–water partition coefficient (Wildman–Crippen LogP) is 3.92. The van der Waals surface area contributed by atoms with E-state index in [-0.39, 0.29) is 62.0 Å². The highest BCUT2D eigenvalue weighted by Crippen LogP contribution is 2.60. The van der Waals surface area contributed by atoms with Crippen molar-refractivity contribution in [1.82, 2.24) is 0 Å². The van der Waals surface area contributed by atoms with Crippen LogP contribution in [0.3, 0.4) is 0 Å². The first kappa shape index (κ1) is 21.3. The minimum Gasteiger partial charge on any atom is -0.478 e. The lowest BCUT2D eigenvalue weighted by atomic mass is 9.81. The Morgan fingerprint density at radius 3 is 2.19 bits per heavy atom. The minimum absolute atomic E-state index is 0.0288. The lowest BCUT2D eigenvalue weighted by molar-refractivity contribution is -0.123. The zero-order chi connectivity index (χ0) is 22.7. The normalized spacial score (nSPS) is 30.5. The summed E-state index contributed by atoms with van der Waals surface area (Å²) in [6.07, 6.45) is 0.845. The number of halogens is 2. The first-order valence-electron chi connectivity index (χ1n) is 10.2. The van der Waals surface area contributed by atoms with Crippen LogP contribution in [-0.4, -0.2) is 38.5 Å². The molecule has 1 heterocycles. The summed E-state index contributed by atoms with van der Waals surface area (Å²) < 4.78 is 0. The Balaban J connectivity index is 1.42. The van der Waals surface area contributed by atoms with E-state index in [9.17, 15) is 24.3 Å². The van der Waals surface area contributed by atoms with Gasteiger partial charge in [0.25, 0.3) is 5.91 Å². The molecule has 32 heavy (non-hydrogen) atoms. The third-order valence-electron chi connectivity index (χ3n) is 6.76. The number of nitrogens with zero attached hydrogens (tertiary/aromatic N) is 1. The Morgan fingerprint density at radius 1 is 0.938 bits per heavy atom. The van der Waals surface area contributed by atoms with E-state index in [1.807, 2.05) is 0 Å². The molecule has 3 aliphatic rings. The third kappa shape index (κ3) is 3.13. The monoisotopic (exact) mass is 560 g/mol. The van der Waals surface area contributed by atoms with Gasteiger partial charge in [0.05, 0.1) is 28.8 Å². The molecule has 2 N–H and O–H groups in total. The highest BCUT2D eigenvalue weighted by molar-refractivity contribution is 9.12. The Labute approximate surface area is 200 Å². The molecule has 0 spiro atoms. The second-order valence-electron chi connectivity index (χ2n) is 8.37. The minimum atomic E-state index is -1.15. The zero-order valence-corrected chi connectivity index (χ0v) is 19.7. The van der Waals surface area contributed by atoms with E-state index >= 15 is 0 Å². The van der Waals surface area contributed by atoms with Crippen LogP contribution in [0.2, 0.25) is 0 Å². The summed E-state index contributed by atoms with van der Waals surface area (Å²) >= 11 is 7.35. The van der Waals surface area contributed by atoms with Crippen molar-refractivity contribution in [1.29, 1.82) is 0 Å². The number of hydrogen-bond acceptors (Lipinski definition) is 4. The van der Waals surface area contributed by atoms with E-state index in [0.29, 0.717) is 5.69 Å². The molecule has 2 aromatic rings. The molecule has 2 aliphatic carbocycles. The van der Waals surface area contributed by atoms with E-state index in [0.717, 1.165) is 6.42 Å².